The fourth-order valence-corrected chi connectivity index (χ4v) is 1.60. The number of hydrogen-bond acceptors (Lipinski definition) is 4. The molecule has 6 nitrogen and oxygen atoms in total. The van der Waals surface area contributed by atoms with E-state index in [4.69, 9.17) is 22.1 Å². The molecule has 104 valence electrons. The maximum absolute atomic E-state index is 11.8. The Morgan fingerprint density at radius 2 is 2.21 bits per heavy atom. The van der Waals surface area contributed by atoms with Crippen molar-refractivity contribution in [3.8, 4) is 0 Å². The van der Waals surface area contributed by atoms with Crippen LogP contribution in [0.1, 0.15) is 23.0 Å². The van der Waals surface area contributed by atoms with Crippen molar-refractivity contribution in [2.75, 3.05) is 19.8 Å². The van der Waals surface area contributed by atoms with Gasteiger partial charge in [0.1, 0.15) is 11.8 Å². The Labute approximate surface area is 116 Å². The molecule has 0 saturated carbocycles. The van der Waals surface area contributed by atoms with Gasteiger partial charge in [-0.15, -0.1) is 0 Å². The minimum atomic E-state index is -0.542. The number of hydrogen-bond donors (Lipinski definition) is 2. The lowest BCUT2D eigenvalue weighted by atomic mass is 10.2. The maximum Gasteiger partial charge on any atom is 0.251 e. The number of nitrogens with one attached hydrogen (secondary N) is 1. The first-order valence-electron chi connectivity index (χ1n) is 5.83. The number of pyridine rings is 1. The highest BCUT2D eigenvalue weighted by molar-refractivity contribution is 6.29. The first kappa shape index (κ1) is 15.4. The van der Waals surface area contributed by atoms with Gasteiger partial charge in [0.2, 0.25) is 5.91 Å². The molecule has 2 amide bonds. The SMILES string of the molecule is CCc1cc(C(=O)NCCOCC(N)=O)cc(Cl)n1. The Balaban J connectivity index is 2.45. The van der Waals surface area contributed by atoms with E-state index in [1.54, 1.807) is 6.07 Å². The highest BCUT2D eigenvalue weighted by Crippen LogP contribution is 2.11. The summed E-state index contributed by atoms with van der Waals surface area (Å²) in [7, 11) is 0. The molecule has 0 radical (unpaired) electrons. The molecule has 0 fully saturated rings. The molecule has 7 heteroatoms. The van der Waals surface area contributed by atoms with Gasteiger partial charge in [0, 0.05) is 17.8 Å². The smallest absolute Gasteiger partial charge is 0.251 e. The molecule has 0 aliphatic rings. The minimum absolute atomic E-state index is 0.156. The molecule has 1 rings (SSSR count). The highest BCUT2D eigenvalue weighted by atomic mass is 35.5. The lowest BCUT2D eigenvalue weighted by molar-refractivity contribution is -0.122. The molecule has 0 bridgehead atoms. The second kappa shape index (κ2) is 7.70. The summed E-state index contributed by atoms with van der Waals surface area (Å²) in [5.41, 5.74) is 6.10. The molecule has 0 aromatic carbocycles. The number of nitrogens with two attached hydrogens (primary N) is 1. The van der Waals surface area contributed by atoms with Crippen LogP contribution in [-0.2, 0) is 16.0 Å². The lowest BCUT2D eigenvalue weighted by Gasteiger charge is -2.07. The Kier molecular flexibility index (Phi) is 6.24. The van der Waals surface area contributed by atoms with Gasteiger partial charge >= 0.3 is 0 Å². The van der Waals surface area contributed by atoms with Crippen molar-refractivity contribution in [1.82, 2.24) is 10.3 Å². The van der Waals surface area contributed by atoms with Crippen LogP contribution in [0.3, 0.4) is 0 Å². The molecular weight excluding hydrogens is 270 g/mol. The zero-order valence-corrected chi connectivity index (χ0v) is 11.4. The molecule has 1 aromatic rings. The largest absolute Gasteiger partial charge is 0.370 e. The Bertz CT molecular complexity index is 466. The topological polar surface area (TPSA) is 94.3 Å². The predicted octanol–water partition coefficient (Wildman–Crippen LogP) is 0.529. The van der Waals surface area contributed by atoms with Crippen LogP contribution >= 0.6 is 11.6 Å². The van der Waals surface area contributed by atoms with Crippen LogP contribution in [0.5, 0.6) is 0 Å². The summed E-state index contributed by atoms with van der Waals surface area (Å²) >= 11 is 5.82. The number of ether oxygens (including phenoxy) is 1. The van der Waals surface area contributed by atoms with Crippen LogP contribution in [-0.4, -0.2) is 36.6 Å². The van der Waals surface area contributed by atoms with E-state index in [1.807, 2.05) is 6.92 Å². The molecule has 0 spiro atoms. The van der Waals surface area contributed by atoms with Gasteiger partial charge in [0.05, 0.1) is 6.61 Å². The quantitative estimate of drug-likeness (QED) is 0.564. The van der Waals surface area contributed by atoms with E-state index in [9.17, 15) is 9.59 Å². The molecule has 19 heavy (non-hydrogen) atoms. The van der Waals surface area contributed by atoms with E-state index in [1.165, 1.54) is 6.07 Å². The fraction of sp³-hybridized carbons (Fsp3) is 0.417. The van der Waals surface area contributed by atoms with Gasteiger partial charge in [0.15, 0.2) is 0 Å². The van der Waals surface area contributed by atoms with Gasteiger partial charge < -0.3 is 15.8 Å². The summed E-state index contributed by atoms with van der Waals surface area (Å²) in [5, 5.41) is 2.94. The molecule has 1 aromatic heterocycles. The predicted molar refractivity (Wildman–Crippen MR) is 71.0 cm³/mol. The van der Waals surface area contributed by atoms with Crippen LogP contribution in [0.25, 0.3) is 0 Å². The van der Waals surface area contributed by atoms with Gasteiger partial charge in [-0.2, -0.15) is 0 Å². The van der Waals surface area contributed by atoms with E-state index >= 15 is 0 Å². The van der Waals surface area contributed by atoms with Crippen molar-refractivity contribution in [3.05, 3.63) is 28.5 Å². The van der Waals surface area contributed by atoms with Crippen LogP contribution in [0, 0.1) is 0 Å². The zero-order chi connectivity index (χ0) is 14.3. The normalized spacial score (nSPS) is 10.2. The number of primary amides is 1. The van der Waals surface area contributed by atoms with Gasteiger partial charge in [-0.05, 0) is 18.6 Å². The van der Waals surface area contributed by atoms with Crippen LogP contribution in [0.2, 0.25) is 5.15 Å². The molecule has 0 atom stereocenters. The molecule has 0 aliphatic heterocycles. The summed E-state index contributed by atoms with van der Waals surface area (Å²) in [5.74, 6) is -0.804. The lowest BCUT2D eigenvalue weighted by Crippen LogP contribution is -2.29. The van der Waals surface area contributed by atoms with Crippen molar-refractivity contribution in [1.29, 1.82) is 0 Å². The molecule has 1 heterocycles. The number of nitrogens with zero attached hydrogens (tertiary/aromatic N) is 1. The number of aryl methyl sites for hydroxylation is 1. The standard InChI is InChI=1S/C12H16ClN3O3/c1-2-9-5-8(6-10(13)16-9)12(18)15-3-4-19-7-11(14)17/h5-6H,2-4,7H2,1H3,(H2,14,17)(H,15,18). The van der Waals surface area contributed by atoms with E-state index in [0.717, 1.165) is 5.69 Å². The third kappa shape index (κ3) is 5.67. The van der Waals surface area contributed by atoms with Crippen molar-refractivity contribution >= 4 is 23.4 Å². The monoisotopic (exact) mass is 285 g/mol. The number of amides is 2. The molecule has 0 aliphatic carbocycles. The highest BCUT2D eigenvalue weighted by Gasteiger charge is 2.08. The number of halogens is 1. The van der Waals surface area contributed by atoms with Gasteiger partial charge in [-0.3, -0.25) is 9.59 Å². The second-order valence-electron chi connectivity index (χ2n) is 3.80. The number of rotatable bonds is 7. The zero-order valence-electron chi connectivity index (χ0n) is 10.6. The number of carbonyl (C=O) groups is 2. The Hall–Kier alpha value is -1.66. The van der Waals surface area contributed by atoms with Crippen molar-refractivity contribution in [2.24, 2.45) is 5.73 Å². The van der Waals surface area contributed by atoms with Crippen molar-refractivity contribution in [2.45, 2.75) is 13.3 Å². The molecule has 3 N–H and O–H groups in total. The van der Waals surface area contributed by atoms with Gasteiger partial charge in [-0.1, -0.05) is 18.5 Å². The third-order valence-corrected chi connectivity index (χ3v) is 2.44. The van der Waals surface area contributed by atoms with Crippen LogP contribution in [0.15, 0.2) is 12.1 Å². The Morgan fingerprint density at radius 1 is 1.47 bits per heavy atom. The van der Waals surface area contributed by atoms with E-state index in [0.29, 0.717) is 12.0 Å². The average Bonchev–Trinajstić information content (AvgIpc) is 2.36. The third-order valence-electron chi connectivity index (χ3n) is 2.25. The summed E-state index contributed by atoms with van der Waals surface area (Å²) in [6.07, 6.45) is 0.697. The Morgan fingerprint density at radius 3 is 2.84 bits per heavy atom. The van der Waals surface area contributed by atoms with Gasteiger partial charge in [-0.25, -0.2) is 4.98 Å². The average molecular weight is 286 g/mol. The van der Waals surface area contributed by atoms with Crippen molar-refractivity contribution < 1.29 is 14.3 Å². The summed E-state index contributed by atoms with van der Waals surface area (Å²) < 4.78 is 4.92. The second-order valence-corrected chi connectivity index (χ2v) is 4.19. The summed E-state index contributed by atoms with van der Waals surface area (Å²) in [6.45, 7) is 2.27. The first-order valence-corrected chi connectivity index (χ1v) is 6.21. The molecular formula is C12H16ClN3O3. The number of carbonyl (C=O) groups excluding carboxylic acids is 2. The summed E-state index contributed by atoms with van der Waals surface area (Å²) in [6, 6.07) is 3.19. The van der Waals surface area contributed by atoms with E-state index in [2.05, 4.69) is 10.3 Å². The van der Waals surface area contributed by atoms with Crippen LogP contribution in [0.4, 0.5) is 0 Å². The molecule has 0 saturated heterocycles. The first-order chi connectivity index (χ1) is 9.02. The fourth-order valence-electron chi connectivity index (χ4n) is 1.37. The minimum Gasteiger partial charge on any atom is -0.370 e. The molecule has 0 unspecified atom stereocenters. The van der Waals surface area contributed by atoms with Crippen LogP contribution < -0.4 is 11.1 Å². The maximum atomic E-state index is 11.8. The van der Waals surface area contributed by atoms with E-state index in [-0.39, 0.29) is 30.8 Å². The van der Waals surface area contributed by atoms with Gasteiger partial charge in [0.25, 0.3) is 5.91 Å². The number of aromatic nitrogens is 1. The van der Waals surface area contributed by atoms with Crippen molar-refractivity contribution in [3.63, 3.8) is 0 Å². The van der Waals surface area contributed by atoms with E-state index < -0.39 is 5.91 Å². The summed E-state index contributed by atoms with van der Waals surface area (Å²) in [4.78, 5) is 26.3.